The van der Waals surface area contributed by atoms with Gasteiger partial charge < -0.3 is 14.5 Å². The lowest BCUT2D eigenvalue weighted by Crippen LogP contribution is -2.32. The molecule has 1 saturated heterocycles. The number of imide groups is 1. The third-order valence-electron chi connectivity index (χ3n) is 6.85. The number of nitrogens with one attached hydrogen (secondary N) is 1. The fourth-order valence-electron chi connectivity index (χ4n) is 5.01. The first-order chi connectivity index (χ1) is 19.2. The van der Waals surface area contributed by atoms with E-state index in [4.69, 9.17) is 32.7 Å². The third kappa shape index (κ3) is 4.68. The average Bonchev–Trinajstić information content (AvgIpc) is 3.43. The smallest absolute Gasteiger partial charge is 0.305 e. The number of aromatic nitrogens is 1. The molecular formula is C28H19Cl2FN2O5S2. The van der Waals surface area contributed by atoms with E-state index < -0.39 is 34.7 Å². The van der Waals surface area contributed by atoms with Crippen LogP contribution in [-0.4, -0.2) is 29.2 Å². The second-order valence-electron chi connectivity index (χ2n) is 9.17. The van der Waals surface area contributed by atoms with Crippen LogP contribution < -0.4 is 19.2 Å². The van der Waals surface area contributed by atoms with Crippen molar-refractivity contribution in [2.45, 2.75) is 22.8 Å². The maximum Gasteiger partial charge on any atom is 0.305 e. The molecule has 1 N–H and O–H groups in total. The molecule has 0 bridgehead atoms. The third-order valence-corrected chi connectivity index (χ3v) is 9.84. The van der Waals surface area contributed by atoms with Crippen molar-refractivity contribution in [3.63, 3.8) is 0 Å². The highest BCUT2D eigenvalue weighted by molar-refractivity contribution is 8.00. The number of fused-ring (bicyclic) bond motifs is 2. The van der Waals surface area contributed by atoms with Gasteiger partial charge in [0.2, 0.25) is 11.8 Å². The summed E-state index contributed by atoms with van der Waals surface area (Å²) in [4.78, 5) is 44.0. The molecular weight excluding hydrogens is 598 g/mol. The number of carbonyl (C=O) groups excluding carboxylic acids is 2. The maximum atomic E-state index is 13.8. The zero-order valence-corrected chi connectivity index (χ0v) is 23.8. The van der Waals surface area contributed by atoms with Crippen molar-refractivity contribution in [2.75, 3.05) is 12.0 Å². The molecule has 3 heterocycles. The lowest BCUT2D eigenvalue weighted by molar-refractivity contribution is -0.122. The molecule has 3 unspecified atom stereocenters. The second kappa shape index (κ2) is 10.6. The van der Waals surface area contributed by atoms with Gasteiger partial charge in [0.05, 0.1) is 23.7 Å². The first-order valence-electron chi connectivity index (χ1n) is 12.0. The Morgan fingerprint density at radius 1 is 0.975 bits per heavy atom. The van der Waals surface area contributed by atoms with Crippen LogP contribution in [0.15, 0.2) is 70.5 Å². The van der Waals surface area contributed by atoms with Gasteiger partial charge in [0.1, 0.15) is 17.7 Å². The van der Waals surface area contributed by atoms with Gasteiger partial charge >= 0.3 is 4.87 Å². The molecule has 7 nitrogen and oxygen atoms in total. The van der Waals surface area contributed by atoms with Gasteiger partial charge in [0.15, 0.2) is 11.5 Å². The Bertz CT molecular complexity index is 1710. The number of amides is 2. The summed E-state index contributed by atoms with van der Waals surface area (Å²) in [6.45, 7) is 0.166. The fraction of sp³-hybridized carbons (Fsp3) is 0.179. The number of nitrogens with zero attached hydrogens (tertiary/aromatic N) is 1. The number of carbonyl (C=O) groups is 2. The first-order valence-corrected chi connectivity index (χ1v) is 14.5. The van der Waals surface area contributed by atoms with E-state index in [0.717, 1.165) is 21.8 Å². The Labute approximate surface area is 245 Å². The highest BCUT2D eigenvalue weighted by atomic mass is 35.5. The number of thiazole rings is 1. The van der Waals surface area contributed by atoms with Crippen LogP contribution in [0.5, 0.6) is 11.5 Å². The number of hydrogen-bond donors (Lipinski definition) is 1. The molecule has 12 heteroatoms. The summed E-state index contributed by atoms with van der Waals surface area (Å²) in [6.07, 6.45) is 0. The number of methoxy groups -OCH3 is 1. The molecule has 1 fully saturated rings. The van der Waals surface area contributed by atoms with Crippen molar-refractivity contribution >= 4 is 63.8 Å². The van der Waals surface area contributed by atoms with Crippen LogP contribution in [0.1, 0.15) is 21.9 Å². The topological polar surface area (TPSA) is 88.7 Å². The molecule has 3 atom stereocenters. The predicted octanol–water partition coefficient (Wildman–Crippen LogP) is 6.27. The Hall–Kier alpha value is -3.31. The quantitative estimate of drug-likeness (QED) is 0.257. The summed E-state index contributed by atoms with van der Waals surface area (Å²) >= 11 is 14.5. The van der Waals surface area contributed by atoms with Crippen LogP contribution >= 0.6 is 46.3 Å². The first kappa shape index (κ1) is 26.9. The lowest BCUT2D eigenvalue weighted by Gasteiger charge is -2.30. The van der Waals surface area contributed by atoms with Gasteiger partial charge in [0, 0.05) is 26.4 Å². The molecule has 3 aromatic carbocycles. The van der Waals surface area contributed by atoms with Crippen molar-refractivity contribution in [2.24, 2.45) is 5.92 Å². The van der Waals surface area contributed by atoms with Crippen LogP contribution in [-0.2, 0) is 16.2 Å². The minimum absolute atomic E-state index is 0.166. The largest absolute Gasteiger partial charge is 0.493 e. The Morgan fingerprint density at radius 3 is 2.48 bits per heavy atom. The van der Waals surface area contributed by atoms with E-state index >= 15 is 0 Å². The summed E-state index contributed by atoms with van der Waals surface area (Å²) in [7, 11) is 1.50. The Morgan fingerprint density at radius 2 is 1.75 bits per heavy atom. The molecule has 0 radical (unpaired) electrons. The van der Waals surface area contributed by atoms with Gasteiger partial charge in [-0.1, -0.05) is 58.4 Å². The monoisotopic (exact) mass is 616 g/mol. The minimum Gasteiger partial charge on any atom is -0.493 e. The number of halogens is 3. The van der Waals surface area contributed by atoms with E-state index in [9.17, 15) is 18.8 Å². The number of anilines is 1. The zero-order chi connectivity index (χ0) is 28.1. The van der Waals surface area contributed by atoms with Gasteiger partial charge in [-0.2, -0.15) is 0 Å². The van der Waals surface area contributed by atoms with Crippen LogP contribution in [0, 0.1) is 11.7 Å². The molecule has 4 aromatic rings. The van der Waals surface area contributed by atoms with E-state index in [2.05, 4.69) is 4.98 Å². The molecule has 0 saturated carbocycles. The Balaban J connectivity index is 1.37. The summed E-state index contributed by atoms with van der Waals surface area (Å²) in [5, 5.41) is 0.775. The highest BCUT2D eigenvalue weighted by Gasteiger charge is 2.56. The van der Waals surface area contributed by atoms with E-state index in [1.807, 2.05) is 0 Å². The number of hydrogen-bond acceptors (Lipinski definition) is 7. The molecule has 2 amide bonds. The number of ether oxygens (including phenoxy) is 2. The minimum atomic E-state index is -0.786. The summed E-state index contributed by atoms with van der Waals surface area (Å²) in [6, 6.07) is 15.6. The van der Waals surface area contributed by atoms with Gasteiger partial charge in [-0.05, 0) is 54.1 Å². The van der Waals surface area contributed by atoms with E-state index in [1.165, 1.54) is 43.1 Å². The van der Waals surface area contributed by atoms with Crippen molar-refractivity contribution in [3.05, 3.63) is 102 Å². The SMILES string of the molecule is COc1cc(C2c3sc(=O)[nH]c3SC3C(=O)N(c4ccc(F)cc4)C(=O)C32)ccc1OCc1ccc(Cl)cc1Cl. The Kier molecular flexibility index (Phi) is 7.12. The zero-order valence-electron chi connectivity index (χ0n) is 20.7. The van der Waals surface area contributed by atoms with E-state index in [1.54, 1.807) is 36.4 Å². The average molecular weight is 618 g/mol. The number of aromatic amines is 1. The van der Waals surface area contributed by atoms with Crippen molar-refractivity contribution in [1.29, 1.82) is 0 Å². The molecule has 0 aliphatic carbocycles. The van der Waals surface area contributed by atoms with Crippen molar-refractivity contribution < 1.29 is 23.5 Å². The number of benzene rings is 3. The number of thioether (sulfide) groups is 1. The molecule has 2 aliphatic rings. The standard InChI is InChI=1S/C28H19Cl2FN2O5S2/c1-37-20-10-13(3-9-19(20)38-12-14-2-4-15(29)11-18(14)30)21-22-24(39-25-23(21)40-28(36)32-25)27(35)33(26(22)34)17-7-5-16(31)6-8-17/h2-11,21-22,24H,12H2,1H3,(H,32,36). The van der Waals surface area contributed by atoms with Crippen LogP contribution in [0.2, 0.25) is 10.0 Å². The fourth-order valence-corrected chi connectivity index (χ4v) is 7.99. The van der Waals surface area contributed by atoms with Gasteiger partial charge in [-0.25, -0.2) is 9.29 Å². The van der Waals surface area contributed by atoms with Crippen LogP contribution in [0.3, 0.4) is 0 Å². The van der Waals surface area contributed by atoms with Gasteiger partial charge in [0.25, 0.3) is 0 Å². The van der Waals surface area contributed by atoms with Gasteiger partial charge in [-0.15, -0.1) is 0 Å². The van der Waals surface area contributed by atoms with Crippen LogP contribution in [0.4, 0.5) is 10.1 Å². The molecule has 2 aliphatic heterocycles. The van der Waals surface area contributed by atoms with Gasteiger partial charge in [-0.3, -0.25) is 14.4 Å². The molecule has 1 aromatic heterocycles. The van der Waals surface area contributed by atoms with Crippen LogP contribution in [0.25, 0.3) is 0 Å². The second-order valence-corrected chi connectivity index (χ2v) is 12.2. The normalized spacial score (nSPS) is 19.9. The summed E-state index contributed by atoms with van der Waals surface area (Å²) < 4.78 is 25.2. The molecule has 6 rings (SSSR count). The molecule has 204 valence electrons. The summed E-state index contributed by atoms with van der Waals surface area (Å²) in [5.41, 5.74) is 1.72. The van der Waals surface area contributed by atoms with E-state index in [0.29, 0.717) is 42.7 Å². The van der Waals surface area contributed by atoms with E-state index in [-0.39, 0.29) is 11.5 Å². The number of rotatable bonds is 6. The lowest BCUT2D eigenvalue weighted by atomic mass is 9.83. The summed E-state index contributed by atoms with van der Waals surface area (Å²) in [5.74, 6) is -1.83. The molecule has 40 heavy (non-hydrogen) atoms. The molecule has 0 spiro atoms. The van der Waals surface area contributed by atoms with Crippen molar-refractivity contribution in [1.82, 2.24) is 4.98 Å². The maximum absolute atomic E-state index is 13.8. The predicted molar refractivity (Wildman–Crippen MR) is 153 cm³/mol. The number of H-pyrrole nitrogens is 1. The highest BCUT2D eigenvalue weighted by Crippen LogP contribution is 2.53. The van der Waals surface area contributed by atoms with Crippen molar-refractivity contribution in [3.8, 4) is 11.5 Å².